The van der Waals surface area contributed by atoms with Gasteiger partial charge in [-0.15, -0.1) is 0 Å². The standard InChI is InChI=1S/C12H16F2N2O3/c1-19-6-8(17)2-3-16-12(18)9-4-7(13)5-10(15)11(9)14/h4-5,8,17H,2-3,6,15H2,1H3,(H,16,18). The van der Waals surface area contributed by atoms with Gasteiger partial charge in [0.05, 0.1) is 24.0 Å². The Morgan fingerprint density at radius 1 is 1.53 bits per heavy atom. The van der Waals surface area contributed by atoms with Gasteiger partial charge in [-0.1, -0.05) is 0 Å². The van der Waals surface area contributed by atoms with E-state index in [2.05, 4.69) is 5.32 Å². The maximum atomic E-state index is 13.5. The molecule has 7 heteroatoms. The number of rotatable bonds is 6. The summed E-state index contributed by atoms with van der Waals surface area (Å²) in [5.74, 6) is -2.53. The quantitative estimate of drug-likeness (QED) is 0.666. The molecule has 1 aromatic carbocycles. The number of hydrogen-bond acceptors (Lipinski definition) is 4. The van der Waals surface area contributed by atoms with Crippen molar-refractivity contribution >= 4 is 11.6 Å². The zero-order valence-corrected chi connectivity index (χ0v) is 10.5. The molecule has 19 heavy (non-hydrogen) atoms. The summed E-state index contributed by atoms with van der Waals surface area (Å²) in [7, 11) is 1.44. The van der Waals surface area contributed by atoms with E-state index in [0.717, 1.165) is 12.1 Å². The highest BCUT2D eigenvalue weighted by Gasteiger charge is 2.16. The highest BCUT2D eigenvalue weighted by atomic mass is 19.1. The monoisotopic (exact) mass is 274 g/mol. The molecule has 1 aromatic rings. The van der Waals surface area contributed by atoms with E-state index in [1.165, 1.54) is 7.11 Å². The van der Waals surface area contributed by atoms with Crippen molar-refractivity contribution in [2.24, 2.45) is 0 Å². The van der Waals surface area contributed by atoms with Crippen molar-refractivity contribution in [2.75, 3.05) is 26.0 Å². The molecule has 1 atom stereocenters. The van der Waals surface area contributed by atoms with Gasteiger partial charge in [0.25, 0.3) is 5.91 Å². The van der Waals surface area contributed by atoms with Crippen LogP contribution in [0.4, 0.5) is 14.5 Å². The molecule has 5 nitrogen and oxygen atoms in total. The van der Waals surface area contributed by atoms with E-state index >= 15 is 0 Å². The Hall–Kier alpha value is -1.73. The minimum Gasteiger partial charge on any atom is -0.396 e. The molecule has 0 fully saturated rings. The third-order valence-electron chi connectivity index (χ3n) is 2.43. The van der Waals surface area contributed by atoms with Crippen LogP contribution in [0.5, 0.6) is 0 Å². The molecule has 106 valence electrons. The predicted molar refractivity (Wildman–Crippen MR) is 65.6 cm³/mol. The summed E-state index contributed by atoms with van der Waals surface area (Å²) in [6.45, 7) is 0.246. The summed E-state index contributed by atoms with van der Waals surface area (Å²) < 4.78 is 31.3. The molecule has 1 amide bonds. The lowest BCUT2D eigenvalue weighted by molar-refractivity contribution is 0.0587. The van der Waals surface area contributed by atoms with Gasteiger partial charge in [-0.05, 0) is 18.6 Å². The number of nitrogen functional groups attached to an aromatic ring is 1. The van der Waals surface area contributed by atoms with Crippen LogP contribution in [0, 0.1) is 11.6 Å². The fourth-order valence-electron chi connectivity index (χ4n) is 1.50. The van der Waals surface area contributed by atoms with Crippen LogP contribution >= 0.6 is 0 Å². The van der Waals surface area contributed by atoms with Crippen LogP contribution in [0.15, 0.2) is 12.1 Å². The Kier molecular flexibility index (Phi) is 5.65. The zero-order valence-electron chi connectivity index (χ0n) is 10.5. The number of hydrogen-bond donors (Lipinski definition) is 3. The summed E-state index contributed by atoms with van der Waals surface area (Å²) in [5, 5.41) is 11.7. The summed E-state index contributed by atoms with van der Waals surface area (Å²) in [5.41, 5.74) is 4.34. The van der Waals surface area contributed by atoms with Crippen molar-refractivity contribution in [1.82, 2.24) is 5.32 Å². The molecule has 0 spiro atoms. The Labute approximate surface area is 109 Å². The maximum Gasteiger partial charge on any atom is 0.254 e. The van der Waals surface area contributed by atoms with E-state index in [9.17, 15) is 18.7 Å². The minimum atomic E-state index is -0.962. The number of nitrogens with one attached hydrogen (secondary N) is 1. The van der Waals surface area contributed by atoms with Crippen molar-refractivity contribution < 1.29 is 23.4 Å². The predicted octanol–water partition coefficient (Wildman–Crippen LogP) is 0.674. The first-order valence-electron chi connectivity index (χ1n) is 5.65. The van der Waals surface area contributed by atoms with Crippen molar-refractivity contribution in [3.05, 3.63) is 29.3 Å². The van der Waals surface area contributed by atoms with E-state index in [4.69, 9.17) is 10.5 Å². The molecule has 4 N–H and O–H groups in total. The lowest BCUT2D eigenvalue weighted by Crippen LogP contribution is -2.29. The van der Waals surface area contributed by atoms with Gasteiger partial charge in [0, 0.05) is 13.7 Å². The lowest BCUT2D eigenvalue weighted by Gasteiger charge is -2.11. The number of carbonyl (C=O) groups is 1. The van der Waals surface area contributed by atoms with E-state index in [-0.39, 0.29) is 19.6 Å². The summed E-state index contributed by atoms with van der Waals surface area (Å²) in [6, 6.07) is 1.57. The van der Waals surface area contributed by atoms with Gasteiger partial charge < -0.3 is 20.9 Å². The van der Waals surface area contributed by atoms with Gasteiger partial charge in [-0.3, -0.25) is 4.79 Å². The Morgan fingerprint density at radius 3 is 2.84 bits per heavy atom. The fraction of sp³-hybridized carbons (Fsp3) is 0.417. The first kappa shape index (κ1) is 15.3. The highest BCUT2D eigenvalue weighted by molar-refractivity contribution is 5.95. The third-order valence-corrected chi connectivity index (χ3v) is 2.43. The number of benzene rings is 1. The van der Waals surface area contributed by atoms with Crippen LogP contribution < -0.4 is 11.1 Å². The number of aliphatic hydroxyl groups is 1. The number of amides is 1. The van der Waals surface area contributed by atoms with E-state index in [0.29, 0.717) is 0 Å². The van der Waals surface area contributed by atoms with Crippen molar-refractivity contribution in [3.63, 3.8) is 0 Å². The zero-order chi connectivity index (χ0) is 14.4. The number of ether oxygens (including phenoxy) is 1. The number of methoxy groups -OCH3 is 1. The largest absolute Gasteiger partial charge is 0.396 e. The van der Waals surface area contributed by atoms with Crippen LogP contribution in [0.1, 0.15) is 16.8 Å². The van der Waals surface area contributed by atoms with Gasteiger partial charge in [0.2, 0.25) is 0 Å². The highest BCUT2D eigenvalue weighted by Crippen LogP contribution is 2.17. The first-order valence-corrected chi connectivity index (χ1v) is 5.65. The molecule has 1 unspecified atom stereocenters. The number of aliphatic hydroxyl groups excluding tert-OH is 1. The van der Waals surface area contributed by atoms with Gasteiger partial charge in [0.1, 0.15) is 5.82 Å². The van der Waals surface area contributed by atoms with Crippen LogP contribution in [0.2, 0.25) is 0 Å². The van der Waals surface area contributed by atoms with Crippen LogP contribution in [0.25, 0.3) is 0 Å². The second kappa shape index (κ2) is 7.01. The normalized spacial score (nSPS) is 12.2. The second-order valence-electron chi connectivity index (χ2n) is 4.01. The third kappa shape index (κ3) is 4.46. The molecule has 0 heterocycles. The molecule has 0 aliphatic rings. The van der Waals surface area contributed by atoms with Crippen molar-refractivity contribution in [3.8, 4) is 0 Å². The van der Waals surface area contributed by atoms with Crippen LogP contribution in [-0.2, 0) is 4.74 Å². The summed E-state index contributed by atoms with van der Waals surface area (Å²) in [6.07, 6.45) is -0.487. The first-order chi connectivity index (χ1) is 8.95. The Balaban J connectivity index is 2.59. The molecule has 0 aliphatic heterocycles. The van der Waals surface area contributed by atoms with Crippen LogP contribution in [0.3, 0.4) is 0 Å². The molecule has 1 rings (SSSR count). The fourth-order valence-corrected chi connectivity index (χ4v) is 1.50. The number of anilines is 1. The molecule has 0 aliphatic carbocycles. The summed E-state index contributed by atoms with van der Waals surface area (Å²) in [4.78, 5) is 11.6. The van der Waals surface area contributed by atoms with Gasteiger partial charge >= 0.3 is 0 Å². The minimum absolute atomic E-state index is 0.110. The van der Waals surface area contributed by atoms with Gasteiger partial charge in [0.15, 0.2) is 5.82 Å². The lowest BCUT2D eigenvalue weighted by atomic mass is 10.1. The van der Waals surface area contributed by atoms with Crippen LogP contribution in [-0.4, -0.2) is 37.4 Å². The van der Waals surface area contributed by atoms with E-state index < -0.39 is 34.9 Å². The average molecular weight is 274 g/mol. The molecule has 0 saturated carbocycles. The summed E-state index contributed by atoms with van der Waals surface area (Å²) >= 11 is 0. The van der Waals surface area contributed by atoms with E-state index in [1.54, 1.807) is 0 Å². The molecular formula is C12H16F2N2O3. The van der Waals surface area contributed by atoms with Crippen molar-refractivity contribution in [1.29, 1.82) is 0 Å². The molecule has 0 saturated heterocycles. The molecule has 0 bridgehead atoms. The SMILES string of the molecule is COCC(O)CCNC(=O)c1cc(F)cc(N)c1F. The smallest absolute Gasteiger partial charge is 0.254 e. The topological polar surface area (TPSA) is 84.6 Å². The Morgan fingerprint density at radius 2 is 2.21 bits per heavy atom. The van der Waals surface area contributed by atoms with E-state index in [1.807, 2.05) is 0 Å². The van der Waals surface area contributed by atoms with Gasteiger partial charge in [-0.2, -0.15) is 0 Å². The Bertz CT molecular complexity index is 455. The number of carbonyl (C=O) groups excluding carboxylic acids is 1. The average Bonchev–Trinajstić information content (AvgIpc) is 2.33. The second-order valence-corrected chi connectivity index (χ2v) is 4.01. The molecular weight excluding hydrogens is 258 g/mol. The van der Waals surface area contributed by atoms with Gasteiger partial charge in [-0.25, -0.2) is 8.78 Å². The molecule has 0 radical (unpaired) electrons. The maximum absolute atomic E-state index is 13.5. The number of nitrogens with two attached hydrogens (primary N) is 1. The number of halogens is 2. The van der Waals surface area contributed by atoms with Crippen molar-refractivity contribution in [2.45, 2.75) is 12.5 Å². The molecule has 0 aromatic heterocycles.